The van der Waals surface area contributed by atoms with E-state index < -0.39 is 22.1 Å². The zero-order chi connectivity index (χ0) is 16.2. The highest BCUT2D eigenvalue weighted by atomic mass is 32.2. The van der Waals surface area contributed by atoms with E-state index in [1.54, 1.807) is 6.92 Å². The van der Waals surface area contributed by atoms with Crippen LogP contribution in [-0.4, -0.2) is 39.3 Å². The number of aryl methyl sites for hydroxylation is 2. The Morgan fingerprint density at radius 3 is 2.52 bits per heavy atom. The first-order valence-electron chi connectivity index (χ1n) is 6.60. The number of sulfonamides is 1. The van der Waals surface area contributed by atoms with Crippen LogP contribution in [0, 0.1) is 13.8 Å². The first kappa shape index (κ1) is 17.7. The van der Waals surface area contributed by atoms with Crippen molar-refractivity contribution in [1.82, 2.24) is 4.72 Å². The van der Waals surface area contributed by atoms with Gasteiger partial charge in [0.25, 0.3) is 0 Å². The Labute approximate surface area is 124 Å². The van der Waals surface area contributed by atoms with Gasteiger partial charge in [-0.25, -0.2) is 17.9 Å². The standard InChI is InChI=1S/C13H21NO6S/c1-5-10(15)6-7-14-21(17,18)12-9(3)20-8(2)11(12)13(16)19-4/h10,14-15H,5-7H2,1-4H3. The second kappa shape index (κ2) is 7.06. The van der Waals surface area contributed by atoms with Gasteiger partial charge in [-0.3, -0.25) is 0 Å². The number of rotatable bonds is 7. The molecule has 7 nitrogen and oxygen atoms in total. The van der Waals surface area contributed by atoms with E-state index >= 15 is 0 Å². The third-order valence-corrected chi connectivity index (χ3v) is 4.72. The summed E-state index contributed by atoms with van der Waals surface area (Å²) in [5, 5.41) is 9.44. The maximum Gasteiger partial charge on any atom is 0.342 e. The number of furan rings is 1. The fourth-order valence-electron chi connectivity index (χ4n) is 1.96. The van der Waals surface area contributed by atoms with Gasteiger partial charge in [0, 0.05) is 6.54 Å². The molecule has 1 atom stereocenters. The fourth-order valence-corrected chi connectivity index (χ4v) is 3.41. The molecule has 0 fully saturated rings. The summed E-state index contributed by atoms with van der Waals surface area (Å²) in [4.78, 5) is 11.5. The smallest absolute Gasteiger partial charge is 0.342 e. The number of aliphatic hydroxyl groups is 1. The summed E-state index contributed by atoms with van der Waals surface area (Å²) in [6, 6.07) is 0. The molecule has 0 aliphatic carbocycles. The molecule has 0 aliphatic heterocycles. The van der Waals surface area contributed by atoms with Gasteiger partial charge >= 0.3 is 5.97 Å². The fraction of sp³-hybridized carbons (Fsp3) is 0.615. The molecule has 0 aromatic carbocycles. The van der Waals surface area contributed by atoms with Gasteiger partial charge in [0.2, 0.25) is 10.0 Å². The molecule has 1 rings (SSSR count). The van der Waals surface area contributed by atoms with Crippen LogP contribution in [0.15, 0.2) is 9.31 Å². The predicted molar refractivity (Wildman–Crippen MR) is 75.6 cm³/mol. The number of hydrogen-bond acceptors (Lipinski definition) is 6. The van der Waals surface area contributed by atoms with Crippen LogP contribution in [0.25, 0.3) is 0 Å². The number of carbonyl (C=O) groups excluding carboxylic acids is 1. The van der Waals surface area contributed by atoms with Crippen molar-refractivity contribution in [2.24, 2.45) is 0 Å². The van der Waals surface area contributed by atoms with Gasteiger partial charge in [0.15, 0.2) is 0 Å². The Kier molecular flexibility index (Phi) is 5.94. The van der Waals surface area contributed by atoms with Gasteiger partial charge in [0.1, 0.15) is 22.0 Å². The van der Waals surface area contributed by atoms with E-state index in [1.807, 2.05) is 0 Å². The number of nitrogens with one attached hydrogen (secondary N) is 1. The van der Waals surface area contributed by atoms with Gasteiger partial charge in [0.05, 0.1) is 13.2 Å². The molecule has 0 amide bonds. The normalized spacial score (nSPS) is 13.2. The molecular formula is C13H21NO6S. The topological polar surface area (TPSA) is 106 Å². The Balaban J connectivity index is 3.06. The average Bonchev–Trinajstić information content (AvgIpc) is 2.72. The first-order chi connectivity index (χ1) is 9.74. The molecule has 1 aromatic rings. The zero-order valence-electron chi connectivity index (χ0n) is 12.6. The minimum absolute atomic E-state index is 0.0711. The molecule has 1 unspecified atom stereocenters. The van der Waals surface area contributed by atoms with Crippen molar-refractivity contribution in [1.29, 1.82) is 0 Å². The maximum absolute atomic E-state index is 12.3. The second-order valence-electron chi connectivity index (χ2n) is 4.66. The van der Waals surface area contributed by atoms with E-state index in [0.29, 0.717) is 12.8 Å². The maximum atomic E-state index is 12.3. The lowest BCUT2D eigenvalue weighted by molar-refractivity contribution is 0.0594. The van der Waals surface area contributed by atoms with E-state index in [1.165, 1.54) is 21.0 Å². The third kappa shape index (κ3) is 4.05. The molecule has 0 saturated carbocycles. The summed E-state index contributed by atoms with van der Waals surface area (Å²) in [7, 11) is -2.74. The lowest BCUT2D eigenvalue weighted by Gasteiger charge is -2.10. The molecule has 21 heavy (non-hydrogen) atoms. The Morgan fingerprint density at radius 1 is 1.38 bits per heavy atom. The summed E-state index contributed by atoms with van der Waals surface area (Å²) in [5.41, 5.74) is -0.0986. The van der Waals surface area contributed by atoms with E-state index in [2.05, 4.69) is 9.46 Å². The SMILES string of the molecule is CCC(O)CCNS(=O)(=O)c1c(C)oc(C)c1C(=O)OC. The summed E-state index contributed by atoms with van der Waals surface area (Å²) in [6.07, 6.45) is 0.262. The van der Waals surface area contributed by atoms with Crippen LogP contribution in [0.1, 0.15) is 41.6 Å². The van der Waals surface area contributed by atoms with Crippen LogP contribution in [0.4, 0.5) is 0 Å². The Morgan fingerprint density at radius 2 is 2.00 bits per heavy atom. The van der Waals surface area contributed by atoms with Crippen molar-refractivity contribution in [2.75, 3.05) is 13.7 Å². The van der Waals surface area contributed by atoms with E-state index in [9.17, 15) is 18.3 Å². The van der Waals surface area contributed by atoms with E-state index in [4.69, 9.17) is 4.42 Å². The van der Waals surface area contributed by atoms with Gasteiger partial charge in [-0.15, -0.1) is 0 Å². The monoisotopic (exact) mass is 319 g/mol. The van der Waals surface area contributed by atoms with E-state index in [0.717, 1.165) is 0 Å². The number of ether oxygens (including phenoxy) is 1. The lowest BCUT2D eigenvalue weighted by Crippen LogP contribution is -2.28. The molecule has 2 N–H and O–H groups in total. The molecular weight excluding hydrogens is 298 g/mol. The molecule has 1 aromatic heterocycles. The third-order valence-electron chi connectivity index (χ3n) is 3.10. The average molecular weight is 319 g/mol. The minimum atomic E-state index is -3.92. The molecule has 0 bridgehead atoms. The highest BCUT2D eigenvalue weighted by molar-refractivity contribution is 7.89. The number of esters is 1. The highest BCUT2D eigenvalue weighted by Crippen LogP contribution is 2.27. The number of hydrogen-bond donors (Lipinski definition) is 2. The summed E-state index contributed by atoms with van der Waals surface area (Å²) in [5.74, 6) is -0.455. The van der Waals surface area contributed by atoms with Crippen LogP contribution in [0.5, 0.6) is 0 Å². The zero-order valence-corrected chi connectivity index (χ0v) is 13.4. The highest BCUT2D eigenvalue weighted by Gasteiger charge is 2.31. The molecule has 0 aliphatic rings. The van der Waals surface area contributed by atoms with Crippen molar-refractivity contribution in [3.63, 3.8) is 0 Å². The van der Waals surface area contributed by atoms with Crippen molar-refractivity contribution >= 4 is 16.0 Å². The van der Waals surface area contributed by atoms with Crippen LogP contribution in [0.2, 0.25) is 0 Å². The molecule has 1 heterocycles. The quantitative estimate of drug-likeness (QED) is 0.730. The van der Waals surface area contributed by atoms with Gasteiger partial charge in [-0.1, -0.05) is 6.92 Å². The number of methoxy groups -OCH3 is 1. The lowest BCUT2D eigenvalue weighted by atomic mass is 10.2. The first-order valence-corrected chi connectivity index (χ1v) is 8.08. The van der Waals surface area contributed by atoms with Crippen LogP contribution in [-0.2, 0) is 14.8 Å². The molecule has 8 heteroatoms. The largest absolute Gasteiger partial charge is 0.465 e. The van der Waals surface area contributed by atoms with Crippen molar-refractivity contribution < 1.29 is 27.5 Å². The van der Waals surface area contributed by atoms with Crippen molar-refractivity contribution in [3.8, 4) is 0 Å². The summed E-state index contributed by atoms with van der Waals surface area (Å²) < 4.78 is 36.8. The van der Waals surface area contributed by atoms with Gasteiger partial charge in [-0.05, 0) is 26.7 Å². The second-order valence-corrected chi connectivity index (χ2v) is 6.36. The Hall–Kier alpha value is -1.38. The number of carbonyl (C=O) groups is 1. The minimum Gasteiger partial charge on any atom is -0.465 e. The van der Waals surface area contributed by atoms with Gasteiger partial charge < -0.3 is 14.3 Å². The van der Waals surface area contributed by atoms with Gasteiger partial charge in [-0.2, -0.15) is 0 Å². The molecule has 0 radical (unpaired) electrons. The molecule has 0 saturated heterocycles. The Bertz CT molecular complexity index is 604. The van der Waals surface area contributed by atoms with Crippen LogP contribution < -0.4 is 4.72 Å². The van der Waals surface area contributed by atoms with Crippen molar-refractivity contribution in [2.45, 2.75) is 44.6 Å². The molecule has 0 spiro atoms. The van der Waals surface area contributed by atoms with Crippen LogP contribution in [0.3, 0.4) is 0 Å². The van der Waals surface area contributed by atoms with Crippen LogP contribution >= 0.6 is 0 Å². The predicted octanol–water partition coefficient (Wildman–Crippen LogP) is 1.12. The van der Waals surface area contributed by atoms with E-state index in [-0.39, 0.29) is 28.5 Å². The summed E-state index contributed by atoms with van der Waals surface area (Å²) in [6.45, 7) is 4.84. The molecule has 120 valence electrons. The van der Waals surface area contributed by atoms with Crippen molar-refractivity contribution in [3.05, 3.63) is 17.1 Å². The number of aliphatic hydroxyl groups excluding tert-OH is 1. The summed E-state index contributed by atoms with van der Waals surface area (Å²) >= 11 is 0.